The smallest absolute Gasteiger partial charge is 0.192 e. The SMILES string of the molecule is CC[C@@H](C)/C=C\[C@H]1[C@@H](C)CC[C@H]2C(C)(C)CCC(O[Si](C)(C)C(C)(C)C)[C@]12C=O.Cl. The average Bonchev–Trinajstić information content (AvgIpc) is 2.61. The van der Waals surface area contributed by atoms with E-state index in [0.29, 0.717) is 17.8 Å². The van der Waals surface area contributed by atoms with Crippen LogP contribution in [0.15, 0.2) is 12.2 Å². The summed E-state index contributed by atoms with van der Waals surface area (Å²) in [6, 6.07) is 0. The summed E-state index contributed by atoms with van der Waals surface area (Å²) < 4.78 is 7.09. The van der Waals surface area contributed by atoms with Crippen molar-refractivity contribution in [1.29, 1.82) is 0 Å². The number of fused-ring (bicyclic) bond motifs is 1. The second-order valence-corrected chi connectivity index (χ2v) is 17.2. The van der Waals surface area contributed by atoms with Gasteiger partial charge >= 0.3 is 0 Å². The number of allylic oxidation sites excluding steroid dienone is 2. The molecular formula is C26H49ClO2Si. The highest BCUT2D eigenvalue weighted by molar-refractivity contribution is 6.74. The van der Waals surface area contributed by atoms with Gasteiger partial charge in [0.05, 0.1) is 11.5 Å². The van der Waals surface area contributed by atoms with Crippen molar-refractivity contribution in [2.24, 2.45) is 34.5 Å². The fraction of sp³-hybridized carbons (Fsp3) is 0.885. The van der Waals surface area contributed by atoms with E-state index in [4.69, 9.17) is 4.43 Å². The molecule has 0 heterocycles. The van der Waals surface area contributed by atoms with Gasteiger partial charge in [-0.1, -0.05) is 74.0 Å². The minimum atomic E-state index is -1.96. The van der Waals surface area contributed by atoms with Gasteiger partial charge in [0.15, 0.2) is 8.32 Å². The molecule has 0 saturated heterocycles. The van der Waals surface area contributed by atoms with E-state index in [1.54, 1.807) is 0 Å². The first kappa shape index (κ1) is 27.9. The van der Waals surface area contributed by atoms with Gasteiger partial charge in [-0.15, -0.1) is 12.4 Å². The van der Waals surface area contributed by atoms with Crippen molar-refractivity contribution in [2.45, 2.75) is 112 Å². The monoisotopic (exact) mass is 456 g/mol. The van der Waals surface area contributed by atoms with Crippen molar-refractivity contribution >= 4 is 27.0 Å². The molecule has 2 rings (SSSR count). The number of halogens is 1. The Bertz CT molecular complexity index is 607. The molecule has 4 heteroatoms. The van der Waals surface area contributed by atoms with E-state index < -0.39 is 8.32 Å². The predicted octanol–water partition coefficient (Wildman–Crippen LogP) is 8.07. The first-order valence-electron chi connectivity index (χ1n) is 12.1. The third kappa shape index (κ3) is 5.09. The van der Waals surface area contributed by atoms with Crippen LogP contribution in [-0.4, -0.2) is 20.7 Å². The Hall–Kier alpha value is -0.123. The summed E-state index contributed by atoms with van der Waals surface area (Å²) in [5, 5.41) is 0.155. The van der Waals surface area contributed by atoms with E-state index in [1.807, 2.05) is 0 Å². The largest absolute Gasteiger partial charge is 0.413 e. The van der Waals surface area contributed by atoms with Crippen LogP contribution >= 0.6 is 12.4 Å². The molecule has 2 aliphatic rings. The molecule has 176 valence electrons. The maximum absolute atomic E-state index is 13.1. The fourth-order valence-electron chi connectivity index (χ4n) is 5.75. The first-order chi connectivity index (χ1) is 13.2. The van der Waals surface area contributed by atoms with Gasteiger partial charge < -0.3 is 9.22 Å². The summed E-state index contributed by atoms with van der Waals surface area (Å²) in [5.41, 5.74) is -0.199. The number of hydrogen-bond donors (Lipinski definition) is 0. The molecule has 30 heavy (non-hydrogen) atoms. The Kier molecular flexibility index (Phi) is 9.11. The Balaban J connectivity index is 0.00000450. The quantitative estimate of drug-likeness (QED) is 0.229. The van der Waals surface area contributed by atoms with Crippen LogP contribution in [0.4, 0.5) is 0 Å². The van der Waals surface area contributed by atoms with Crippen LogP contribution in [0.5, 0.6) is 0 Å². The second-order valence-electron chi connectivity index (χ2n) is 12.4. The van der Waals surface area contributed by atoms with Crippen LogP contribution in [0.25, 0.3) is 0 Å². The normalized spacial score (nSPS) is 35.4. The van der Waals surface area contributed by atoms with Gasteiger partial charge in [0.2, 0.25) is 0 Å². The predicted molar refractivity (Wildman–Crippen MR) is 135 cm³/mol. The molecule has 0 spiro atoms. The lowest BCUT2D eigenvalue weighted by Crippen LogP contribution is -2.63. The number of carbonyl (C=O) groups is 1. The molecule has 1 unspecified atom stereocenters. The lowest BCUT2D eigenvalue weighted by atomic mass is 9.45. The van der Waals surface area contributed by atoms with Crippen LogP contribution in [0, 0.1) is 34.5 Å². The zero-order valence-electron chi connectivity index (χ0n) is 21.4. The van der Waals surface area contributed by atoms with Gasteiger partial charge in [0, 0.05) is 0 Å². The number of carbonyl (C=O) groups excluding carboxylic acids is 1. The van der Waals surface area contributed by atoms with Crippen molar-refractivity contribution < 1.29 is 9.22 Å². The molecule has 2 aliphatic carbocycles. The van der Waals surface area contributed by atoms with Crippen LogP contribution in [-0.2, 0) is 9.22 Å². The maximum atomic E-state index is 13.1. The molecule has 2 nitrogen and oxygen atoms in total. The van der Waals surface area contributed by atoms with Crippen LogP contribution in [0.2, 0.25) is 18.1 Å². The van der Waals surface area contributed by atoms with Crippen LogP contribution < -0.4 is 0 Å². The molecule has 0 radical (unpaired) electrons. The third-order valence-electron chi connectivity index (χ3n) is 8.99. The Morgan fingerprint density at radius 3 is 2.27 bits per heavy atom. The summed E-state index contributed by atoms with van der Waals surface area (Å²) in [5.74, 6) is 1.76. The van der Waals surface area contributed by atoms with E-state index >= 15 is 0 Å². The minimum Gasteiger partial charge on any atom is -0.413 e. The van der Waals surface area contributed by atoms with Gasteiger partial charge in [-0.3, -0.25) is 0 Å². The van der Waals surface area contributed by atoms with Crippen molar-refractivity contribution in [3.05, 3.63) is 12.2 Å². The Morgan fingerprint density at radius 1 is 1.17 bits per heavy atom. The lowest BCUT2D eigenvalue weighted by molar-refractivity contribution is -0.166. The highest BCUT2D eigenvalue weighted by atomic mass is 35.5. The molecule has 0 aliphatic heterocycles. The third-order valence-corrected chi connectivity index (χ3v) is 13.5. The summed E-state index contributed by atoms with van der Waals surface area (Å²) in [6.45, 7) is 23.3. The topological polar surface area (TPSA) is 26.3 Å². The molecule has 0 bridgehead atoms. The van der Waals surface area contributed by atoms with Gasteiger partial charge in [-0.25, -0.2) is 0 Å². The summed E-state index contributed by atoms with van der Waals surface area (Å²) >= 11 is 0. The summed E-state index contributed by atoms with van der Waals surface area (Å²) in [4.78, 5) is 13.1. The van der Waals surface area contributed by atoms with Crippen LogP contribution in [0.3, 0.4) is 0 Å². The van der Waals surface area contributed by atoms with Crippen molar-refractivity contribution in [2.75, 3.05) is 0 Å². The molecule has 0 aromatic rings. The standard InChI is InChI=1S/C26H48O2Si.ClH/c1-11-19(2)12-14-21-20(3)13-15-22-25(7,8)17-16-23(26(21,22)18-27)28-29(9,10)24(4,5)6;/h12,14,18-23H,11,13,15-17H2,1-10H3;1H/b14-12-;/t19-,20+,21+,22+,23?,26-;/m1./s1. The highest BCUT2D eigenvalue weighted by Crippen LogP contribution is 2.62. The Labute approximate surface area is 194 Å². The molecule has 6 atom stereocenters. The van der Waals surface area contributed by atoms with E-state index in [0.717, 1.165) is 25.7 Å². The zero-order valence-corrected chi connectivity index (χ0v) is 23.2. The van der Waals surface area contributed by atoms with Gasteiger partial charge in [-0.2, -0.15) is 0 Å². The number of hydrogen-bond acceptors (Lipinski definition) is 2. The number of rotatable bonds is 6. The molecule has 0 amide bonds. The molecule has 2 fully saturated rings. The minimum absolute atomic E-state index is 0. The molecule has 0 aromatic carbocycles. The summed E-state index contributed by atoms with van der Waals surface area (Å²) in [6.07, 6.45) is 11.9. The molecule has 0 aromatic heterocycles. The van der Waals surface area contributed by atoms with Crippen molar-refractivity contribution in [1.82, 2.24) is 0 Å². The van der Waals surface area contributed by atoms with E-state index in [1.165, 1.54) is 12.7 Å². The number of aldehydes is 1. The second kappa shape index (κ2) is 9.79. The van der Waals surface area contributed by atoms with Gasteiger partial charge in [0.1, 0.15) is 6.29 Å². The van der Waals surface area contributed by atoms with E-state index in [2.05, 4.69) is 80.6 Å². The lowest BCUT2D eigenvalue weighted by Gasteiger charge is -2.61. The van der Waals surface area contributed by atoms with Crippen molar-refractivity contribution in [3.8, 4) is 0 Å². The fourth-order valence-corrected chi connectivity index (χ4v) is 7.14. The molecule has 0 N–H and O–H groups in total. The zero-order chi connectivity index (χ0) is 22.3. The highest BCUT2D eigenvalue weighted by Gasteiger charge is 2.62. The first-order valence-corrected chi connectivity index (χ1v) is 15.0. The van der Waals surface area contributed by atoms with Gasteiger partial charge in [-0.05, 0) is 72.9 Å². The van der Waals surface area contributed by atoms with E-state index in [-0.39, 0.29) is 40.3 Å². The average molecular weight is 457 g/mol. The summed E-state index contributed by atoms with van der Waals surface area (Å²) in [7, 11) is -1.96. The maximum Gasteiger partial charge on any atom is 0.192 e. The van der Waals surface area contributed by atoms with E-state index in [9.17, 15) is 4.79 Å². The van der Waals surface area contributed by atoms with Gasteiger partial charge in [0.25, 0.3) is 0 Å². The molecule has 2 saturated carbocycles. The van der Waals surface area contributed by atoms with Crippen molar-refractivity contribution in [3.63, 3.8) is 0 Å². The van der Waals surface area contributed by atoms with Crippen LogP contribution in [0.1, 0.15) is 87.5 Å². The molecular weight excluding hydrogens is 408 g/mol. The Morgan fingerprint density at radius 2 is 1.77 bits per heavy atom.